The molecular formula is C30H35N3O. The summed E-state index contributed by atoms with van der Waals surface area (Å²) in [5, 5.41) is 0. The predicted octanol–water partition coefficient (Wildman–Crippen LogP) is 6.25. The van der Waals surface area contributed by atoms with Gasteiger partial charge in [0.2, 0.25) is 0 Å². The van der Waals surface area contributed by atoms with Gasteiger partial charge in [-0.2, -0.15) is 0 Å². The Morgan fingerprint density at radius 3 is 2.29 bits per heavy atom. The average molecular weight is 454 g/mol. The molecule has 3 aromatic carbocycles. The van der Waals surface area contributed by atoms with E-state index in [4.69, 9.17) is 9.72 Å². The number of benzene rings is 3. The van der Waals surface area contributed by atoms with Gasteiger partial charge in [0.25, 0.3) is 0 Å². The molecule has 5 rings (SSSR count). The van der Waals surface area contributed by atoms with Crippen LogP contribution in [0.15, 0.2) is 72.8 Å². The largest absolute Gasteiger partial charge is 0.497 e. The van der Waals surface area contributed by atoms with Crippen molar-refractivity contribution in [1.29, 1.82) is 0 Å². The van der Waals surface area contributed by atoms with Gasteiger partial charge in [-0.1, -0.05) is 54.1 Å². The van der Waals surface area contributed by atoms with Gasteiger partial charge < -0.3 is 9.30 Å². The number of aryl methyl sites for hydroxylation is 2. The van der Waals surface area contributed by atoms with Crippen molar-refractivity contribution in [3.05, 3.63) is 95.3 Å². The predicted molar refractivity (Wildman–Crippen MR) is 139 cm³/mol. The molecular weight excluding hydrogens is 418 g/mol. The topological polar surface area (TPSA) is 30.3 Å². The lowest BCUT2D eigenvalue weighted by Gasteiger charge is -2.32. The zero-order valence-electron chi connectivity index (χ0n) is 20.4. The second kappa shape index (κ2) is 10.4. The molecule has 0 aliphatic carbocycles. The fourth-order valence-electron chi connectivity index (χ4n) is 5.09. The molecule has 1 aliphatic rings. The van der Waals surface area contributed by atoms with Crippen LogP contribution in [-0.2, 0) is 19.5 Å². The normalized spacial score (nSPS) is 15.1. The Labute approximate surface area is 203 Å². The molecule has 0 amide bonds. The summed E-state index contributed by atoms with van der Waals surface area (Å²) in [6.45, 7) is 6.24. The molecule has 4 nitrogen and oxygen atoms in total. The van der Waals surface area contributed by atoms with Crippen molar-refractivity contribution in [2.24, 2.45) is 5.92 Å². The van der Waals surface area contributed by atoms with Crippen LogP contribution in [0.5, 0.6) is 5.75 Å². The van der Waals surface area contributed by atoms with Gasteiger partial charge in [0, 0.05) is 6.54 Å². The van der Waals surface area contributed by atoms with Gasteiger partial charge in [-0.15, -0.1) is 0 Å². The van der Waals surface area contributed by atoms with Crippen LogP contribution in [0.25, 0.3) is 11.0 Å². The summed E-state index contributed by atoms with van der Waals surface area (Å²) < 4.78 is 7.69. The van der Waals surface area contributed by atoms with Gasteiger partial charge in [0.15, 0.2) is 0 Å². The van der Waals surface area contributed by atoms with E-state index in [9.17, 15) is 0 Å². The maximum Gasteiger partial charge on any atom is 0.124 e. The molecule has 0 saturated carbocycles. The summed E-state index contributed by atoms with van der Waals surface area (Å²) in [6.07, 6.45) is 4.97. The van der Waals surface area contributed by atoms with Crippen LogP contribution >= 0.6 is 0 Å². The van der Waals surface area contributed by atoms with Gasteiger partial charge in [-0.25, -0.2) is 4.98 Å². The maximum atomic E-state index is 5.28. The SMILES string of the molecule is COc1ccc(CCC2CCN(Cc3nc4ccccc4n3Cc3ccc(C)cc3)CC2)cc1. The van der Waals surface area contributed by atoms with Crippen LogP contribution in [0.4, 0.5) is 0 Å². The van der Waals surface area contributed by atoms with Crippen LogP contribution < -0.4 is 4.74 Å². The Morgan fingerprint density at radius 2 is 1.56 bits per heavy atom. The van der Waals surface area contributed by atoms with Crippen molar-refractivity contribution >= 4 is 11.0 Å². The second-order valence-corrected chi connectivity index (χ2v) is 9.69. The third-order valence-corrected chi connectivity index (χ3v) is 7.27. The molecule has 4 aromatic rings. The lowest BCUT2D eigenvalue weighted by Crippen LogP contribution is -2.34. The number of ether oxygens (including phenoxy) is 1. The summed E-state index contributed by atoms with van der Waals surface area (Å²) in [5.74, 6) is 2.92. The third-order valence-electron chi connectivity index (χ3n) is 7.27. The Hall–Kier alpha value is -3.11. The van der Waals surface area contributed by atoms with E-state index in [0.29, 0.717) is 0 Å². The summed E-state index contributed by atoms with van der Waals surface area (Å²) in [7, 11) is 1.72. The molecule has 2 heterocycles. The molecule has 0 atom stereocenters. The van der Waals surface area contributed by atoms with E-state index in [0.717, 1.165) is 49.8 Å². The molecule has 0 N–H and O–H groups in total. The molecule has 34 heavy (non-hydrogen) atoms. The fraction of sp³-hybridized carbons (Fsp3) is 0.367. The number of hydrogen-bond acceptors (Lipinski definition) is 3. The highest BCUT2D eigenvalue weighted by Crippen LogP contribution is 2.25. The van der Waals surface area contributed by atoms with E-state index in [2.05, 4.69) is 89.2 Å². The Balaban J connectivity index is 1.21. The zero-order chi connectivity index (χ0) is 23.3. The summed E-state index contributed by atoms with van der Waals surface area (Å²) in [6, 6.07) is 26.0. The number of imidazole rings is 1. The number of nitrogens with zero attached hydrogens (tertiary/aromatic N) is 3. The van der Waals surface area contributed by atoms with Crippen LogP contribution in [0.1, 0.15) is 41.8 Å². The molecule has 1 aliphatic heterocycles. The molecule has 0 bridgehead atoms. The summed E-state index contributed by atoms with van der Waals surface area (Å²) >= 11 is 0. The molecule has 1 fully saturated rings. The smallest absolute Gasteiger partial charge is 0.124 e. The highest BCUT2D eigenvalue weighted by atomic mass is 16.5. The lowest BCUT2D eigenvalue weighted by molar-refractivity contribution is 0.168. The number of likely N-dealkylation sites (tertiary alicyclic amines) is 1. The molecule has 0 unspecified atom stereocenters. The van der Waals surface area contributed by atoms with Gasteiger partial charge in [-0.05, 0) is 87.0 Å². The van der Waals surface area contributed by atoms with Gasteiger partial charge in [0.05, 0.1) is 24.7 Å². The van der Waals surface area contributed by atoms with Crippen molar-refractivity contribution < 1.29 is 4.74 Å². The first kappa shape index (κ1) is 22.7. The van der Waals surface area contributed by atoms with Crippen molar-refractivity contribution in [2.75, 3.05) is 20.2 Å². The molecule has 0 spiro atoms. The van der Waals surface area contributed by atoms with E-state index in [1.165, 1.54) is 47.3 Å². The monoisotopic (exact) mass is 453 g/mol. The van der Waals surface area contributed by atoms with Gasteiger partial charge in [0.1, 0.15) is 11.6 Å². The first-order valence-electron chi connectivity index (χ1n) is 12.5. The molecule has 0 radical (unpaired) electrons. The highest BCUT2D eigenvalue weighted by Gasteiger charge is 2.21. The zero-order valence-corrected chi connectivity index (χ0v) is 20.4. The fourth-order valence-corrected chi connectivity index (χ4v) is 5.09. The summed E-state index contributed by atoms with van der Waals surface area (Å²) in [5.41, 5.74) is 6.36. The number of hydrogen-bond donors (Lipinski definition) is 0. The van der Waals surface area contributed by atoms with E-state index in [1.807, 2.05) is 0 Å². The Bertz CT molecular complexity index is 1200. The van der Waals surface area contributed by atoms with E-state index in [1.54, 1.807) is 7.11 Å². The minimum atomic E-state index is 0.810. The highest BCUT2D eigenvalue weighted by molar-refractivity contribution is 5.76. The number of fused-ring (bicyclic) bond motifs is 1. The number of para-hydroxylation sites is 2. The van der Waals surface area contributed by atoms with Gasteiger partial charge >= 0.3 is 0 Å². The van der Waals surface area contributed by atoms with Crippen LogP contribution in [-0.4, -0.2) is 34.7 Å². The number of aromatic nitrogens is 2. The van der Waals surface area contributed by atoms with E-state index in [-0.39, 0.29) is 0 Å². The van der Waals surface area contributed by atoms with Crippen molar-refractivity contribution in [3.63, 3.8) is 0 Å². The van der Waals surface area contributed by atoms with E-state index >= 15 is 0 Å². The molecule has 176 valence electrons. The molecule has 1 saturated heterocycles. The Morgan fingerprint density at radius 1 is 0.853 bits per heavy atom. The molecule has 4 heteroatoms. The van der Waals surface area contributed by atoms with Gasteiger partial charge in [-0.3, -0.25) is 4.90 Å². The van der Waals surface area contributed by atoms with Crippen molar-refractivity contribution in [2.45, 2.75) is 45.7 Å². The number of methoxy groups -OCH3 is 1. The van der Waals surface area contributed by atoms with Crippen LogP contribution in [0.3, 0.4) is 0 Å². The number of piperidine rings is 1. The third kappa shape index (κ3) is 5.34. The van der Waals surface area contributed by atoms with Crippen LogP contribution in [0.2, 0.25) is 0 Å². The summed E-state index contributed by atoms with van der Waals surface area (Å²) in [4.78, 5) is 7.63. The first-order valence-corrected chi connectivity index (χ1v) is 12.5. The van der Waals surface area contributed by atoms with E-state index < -0.39 is 0 Å². The molecule has 1 aromatic heterocycles. The maximum absolute atomic E-state index is 5.28. The first-order chi connectivity index (χ1) is 16.7. The van der Waals surface area contributed by atoms with Crippen molar-refractivity contribution in [1.82, 2.24) is 14.5 Å². The van der Waals surface area contributed by atoms with Crippen molar-refractivity contribution in [3.8, 4) is 5.75 Å². The number of rotatable bonds is 8. The minimum Gasteiger partial charge on any atom is -0.497 e. The quantitative estimate of drug-likeness (QED) is 0.316. The average Bonchev–Trinajstić information content (AvgIpc) is 3.22. The van der Waals surface area contributed by atoms with Crippen LogP contribution in [0, 0.1) is 12.8 Å². The lowest BCUT2D eigenvalue weighted by atomic mass is 9.90. The Kier molecular flexibility index (Phi) is 6.96. The second-order valence-electron chi connectivity index (χ2n) is 9.69. The standard InChI is InChI=1S/C30H35N3O/c1-23-7-9-26(10-8-23)21-33-29-6-4-3-5-28(29)31-30(33)22-32-19-17-25(18-20-32)12-11-24-13-15-27(34-2)16-14-24/h3-10,13-16,25H,11-12,17-22H2,1-2H3. The minimum absolute atomic E-state index is 0.810.